The first-order valence-corrected chi connectivity index (χ1v) is 5.46. The van der Waals surface area contributed by atoms with Crippen LogP contribution >= 0.6 is 15.9 Å². The second kappa shape index (κ2) is 4.52. The Morgan fingerprint density at radius 2 is 2.12 bits per heavy atom. The molecule has 1 atom stereocenters. The van der Waals surface area contributed by atoms with Gasteiger partial charge in [-0.05, 0) is 15.9 Å². The molecule has 17 heavy (non-hydrogen) atoms. The Balaban J connectivity index is 2.67. The van der Waals surface area contributed by atoms with E-state index in [0.29, 0.717) is 9.86 Å². The molecule has 0 bridgehead atoms. The van der Waals surface area contributed by atoms with Crippen molar-refractivity contribution in [2.24, 2.45) is 0 Å². The van der Waals surface area contributed by atoms with Crippen LogP contribution in [-0.4, -0.2) is 27.6 Å². The van der Waals surface area contributed by atoms with Gasteiger partial charge in [-0.1, -0.05) is 0 Å². The summed E-state index contributed by atoms with van der Waals surface area (Å²) in [6.07, 6.45) is -0.327. The van der Waals surface area contributed by atoms with Gasteiger partial charge in [-0.25, -0.2) is 23.1 Å². The zero-order valence-corrected chi connectivity index (χ0v) is 10.0. The second-order valence-corrected chi connectivity index (χ2v) is 4.25. The van der Waals surface area contributed by atoms with Gasteiger partial charge in [-0.2, -0.15) is 0 Å². The number of nitrogens with zero attached hydrogens (tertiary/aromatic N) is 3. The lowest BCUT2D eigenvalue weighted by atomic mass is 10.3. The third kappa shape index (κ3) is 1.97. The van der Waals surface area contributed by atoms with Crippen molar-refractivity contribution in [1.82, 2.24) is 14.5 Å². The van der Waals surface area contributed by atoms with Crippen LogP contribution in [0.1, 0.15) is 6.04 Å². The maximum absolute atomic E-state index is 12.7. The van der Waals surface area contributed by atoms with Crippen LogP contribution in [0.2, 0.25) is 0 Å². The summed E-state index contributed by atoms with van der Waals surface area (Å²) in [5.74, 6) is 0.160. The molecule has 2 aromatic heterocycles. The van der Waals surface area contributed by atoms with Gasteiger partial charge in [0.05, 0.1) is 5.39 Å². The van der Waals surface area contributed by atoms with E-state index >= 15 is 0 Å². The van der Waals surface area contributed by atoms with Crippen molar-refractivity contribution in [2.45, 2.75) is 12.5 Å². The van der Waals surface area contributed by atoms with E-state index in [0.717, 1.165) is 10.9 Å². The lowest BCUT2D eigenvalue weighted by Gasteiger charge is -2.14. The third-order valence-corrected chi connectivity index (χ3v) is 3.00. The molecule has 0 fully saturated rings. The highest BCUT2D eigenvalue weighted by Gasteiger charge is 2.25. The summed E-state index contributed by atoms with van der Waals surface area (Å²) in [6.45, 7) is -1.18. The van der Waals surface area contributed by atoms with E-state index in [2.05, 4.69) is 25.9 Å². The molecule has 0 saturated carbocycles. The summed E-state index contributed by atoms with van der Waals surface area (Å²) in [7, 11) is 0. The first-order valence-electron chi connectivity index (χ1n) is 4.67. The minimum absolute atomic E-state index is 0.160. The molecule has 0 radical (unpaired) electrons. The monoisotopic (exact) mass is 308 g/mol. The molecule has 0 spiro atoms. The molecule has 2 heterocycles. The molecule has 0 amide bonds. The Labute approximate surface area is 103 Å². The van der Waals surface area contributed by atoms with Gasteiger partial charge in [0.1, 0.15) is 30.5 Å². The fourth-order valence-corrected chi connectivity index (χ4v) is 2.18. The van der Waals surface area contributed by atoms with Crippen molar-refractivity contribution in [1.29, 1.82) is 0 Å². The first kappa shape index (κ1) is 12.2. The van der Waals surface area contributed by atoms with Crippen molar-refractivity contribution >= 4 is 32.8 Å². The van der Waals surface area contributed by atoms with Crippen molar-refractivity contribution in [3.05, 3.63) is 17.0 Å². The van der Waals surface area contributed by atoms with Gasteiger partial charge in [0.25, 0.3) is 6.43 Å². The van der Waals surface area contributed by atoms with E-state index in [4.69, 9.17) is 5.73 Å². The number of rotatable bonds is 3. The van der Waals surface area contributed by atoms with Crippen LogP contribution in [0, 0.1) is 0 Å². The number of fused-ring (bicyclic) bond motifs is 1. The Bertz CT molecular complexity index is 542. The summed E-state index contributed by atoms with van der Waals surface area (Å²) >= 11 is 3.17. The molecular weight excluding hydrogens is 301 g/mol. The predicted molar refractivity (Wildman–Crippen MR) is 60.7 cm³/mol. The van der Waals surface area contributed by atoms with Crippen LogP contribution < -0.4 is 5.73 Å². The lowest BCUT2D eigenvalue weighted by molar-refractivity contribution is 0.0704. The summed E-state index contributed by atoms with van der Waals surface area (Å²) in [5, 5.41) is 0.409. The molecule has 0 aliphatic carbocycles. The largest absolute Gasteiger partial charge is 0.383 e. The van der Waals surface area contributed by atoms with Crippen molar-refractivity contribution in [2.75, 3.05) is 12.4 Å². The quantitative estimate of drug-likeness (QED) is 0.948. The molecule has 2 aromatic rings. The number of anilines is 1. The summed E-state index contributed by atoms with van der Waals surface area (Å²) in [4.78, 5) is 7.61. The van der Waals surface area contributed by atoms with Crippen LogP contribution in [0.5, 0.6) is 0 Å². The molecule has 0 saturated heterocycles. The molecule has 0 aliphatic rings. The van der Waals surface area contributed by atoms with Gasteiger partial charge in [-0.15, -0.1) is 0 Å². The van der Waals surface area contributed by atoms with Crippen molar-refractivity contribution < 1.29 is 13.2 Å². The molecule has 0 aliphatic heterocycles. The van der Waals surface area contributed by atoms with Crippen molar-refractivity contribution in [3.63, 3.8) is 0 Å². The highest BCUT2D eigenvalue weighted by atomic mass is 79.9. The van der Waals surface area contributed by atoms with Crippen LogP contribution in [0.3, 0.4) is 0 Å². The molecular formula is C9H8BrF3N4. The van der Waals surface area contributed by atoms with E-state index in [9.17, 15) is 13.2 Å². The number of nitrogens with two attached hydrogens (primary N) is 1. The lowest BCUT2D eigenvalue weighted by Crippen LogP contribution is -2.18. The average Bonchev–Trinajstić information content (AvgIpc) is 2.58. The zero-order valence-electron chi connectivity index (χ0n) is 8.45. The highest BCUT2D eigenvalue weighted by Crippen LogP contribution is 2.32. The number of aromatic nitrogens is 3. The second-order valence-electron chi connectivity index (χ2n) is 3.40. The van der Waals surface area contributed by atoms with Gasteiger partial charge in [-0.3, -0.25) is 0 Å². The van der Waals surface area contributed by atoms with Gasteiger partial charge < -0.3 is 10.3 Å². The summed E-state index contributed by atoms with van der Waals surface area (Å²) in [5.41, 5.74) is 5.80. The minimum Gasteiger partial charge on any atom is -0.383 e. The van der Waals surface area contributed by atoms with Crippen LogP contribution in [-0.2, 0) is 0 Å². The van der Waals surface area contributed by atoms with E-state index in [1.807, 2.05) is 0 Å². The normalized spacial score (nSPS) is 13.5. The number of hydrogen-bond donors (Lipinski definition) is 1. The predicted octanol–water partition coefficient (Wildman–Crippen LogP) is 2.55. The zero-order chi connectivity index (χ0) is 12.6. The maximum atomic E-state index is 12.7. The fraction of sp³-hybridized carbons (Fsp3) is 0.333. The molecule has 4 nitrogen and oxygen atoms in total. The number of halogens is 4. The fourth-order valence-electron chi connectivity index (χ4n) is 1.58. The van der Waals surface area contributed by atoms with Gasteiger partial charge in [0.2, 0.25) is 0 Å². The van der Waals surface area contributed by atoms with Gasteiger partial charge in [0, 0.05) is 10.7 Å². The Morgan fingerprint density at radius 3 is 2.71 bits per heavy atom. The van der Waals surface area contributed by atoms with Crippen LogP contribution in [0.25, 0.3) is 11.0 Å². The standard InChI is InChI=1S/C9H8BrF3N4/c10-4-2-17(5(1-11)7(12)13)9-6(4)8(14)15-3-16-9/h2-3,5,7H,1H2,(H2,14,15,16). The van der Waals surface area contributed by atoms with E-state index < -0.39 is 19.1 Å². The minimum atomic E-state index is -2.82. The average molecular weight is 309 g/mol. The van der Waals surface area contributed by atoms with E-state index in [1.165, 1.54) is 6.20 Å². The third-order valence-electron chi connectivity index (χ3n) is 2.40. The number of alkyl halides is 3. The van der Waals surface area contributed by atoms with E-state index in [1.54, 1.807) is 0 Å². The maximum Gasteiger partial charge on any atom is 0.261 e. The Morgan fingerprint density at radius 1 is 1.41 bits per heavy atom. The molecule has 2 N–H and O–H groups in total. The van der Waals surface area contributed by atoms with Gasteiger partial charge >= 0.3 is 0 Å². The van der Waals surface area contributed by atoms with Gasteiger partial charge in [0.15, 0.2) is 0 Å². The topological polar surface area (TPSA) is 56.7 Å². The first-order chi connectivity index (χ1) is 8.06. The van der Waals surface area contributed by atoms with Crippen molar-refractivity contribution in [3.8, 4) is 0 Å². The van der Waals surface area contributed by atoms with Crippen LogP contribution in [0.4, 0.5) is 19.0 Å². The Hall–Kier alpha value is -1.31. The molecule has 0 aromatic carbocycles. The summed E-state index contributed by atoms with van der Waals surface area (Å²) < 4.78 is 39.5. The van der Waals surface area contributed by atoms with Crippen LogP contribution in [0.15, 0.2) is 17.0 Å². The smallest absolute Gasteiger partial charge is 0.261 e. The molecule has 92 valence electrons. The SMILES string of the molecule is Nc1ncnc2c1c(Br)cn2C(CF)C(F)F. The number of hydrogen-bond acceptors (Lipinski definition) is 3. The molecule has 1 unspecified atom stereocenters. The number of nitrogen functional groups attached to an aromatic ring is 1. The highest BCUT2D eigenvalue weighted by molar-refractivity contribution is 9.10. The van der Waals surface area contributed by atoms with E-state index in [-0.39, 0.29) is 11.5 Å². The Kier molecular flexibility index (Phi) is 3.23. The molecule has 8 heteroatoms. The summed E-state index contributed by atoms with van der Waals surface area (Å²) in [6, 6.07) is -1.57. The molecule has 2 rings (SSSR count).